The second kappa shape index (κ2) is 6.22. The molecule has 0 amide bonds. The lowest BCUT2D eigenvalue weighted by atomic mass is 9.99. The number of phenols is 1. The lowest BCUT2D eigenvalue weighted by Gasteiger charge is -2.07. The van der Waals surface area contributed by atoms with Gasteiger partial charge in [0, 0.05) is 16.2 Å². The van der Waals surface area contributed by atoms with Crippen molar-refractivity contribution in [1.29, 1.82) is 0 Å². The van der Waals surface area contributed by atoms with Gasteiger partial charge in [-0.1, -0.05) is 48.5 Å². The third-order valence-electron chi connectivity index (χ3n) is 2.82. The fourth-order valence-corrected chi connectivity index (χ4v) is 2.05. The molecule has 0 aliphatic heterocycles. The molecule has 0 atom stereocenters. The number of carbonyl (C=O) groups excluding carboxylic acids is 1. The van der Waals surface area contributed by atoms with E-state index in [-0.39, 0.29) is 11.5 Å². The van der Waals surface area contributed by atoms with Crippen LogP contribution in [0.1, 0.15) is 11.1 Å². The van der Waals surface area contributed by atoms with Gasteiger partial charge < -0.3 is 5.11 Å². The highest BCUT2D eigenvalue weighted by Gasteiger charge is 2.12. The average Bonchev–Trinajstić information content (AvgIpc) is 2.47. The Balaban J connectivity index is 2.53. The second-order valence-electron chi connectivity index (χ2n) is 4.20. The average molecular weight is 285 g/mol. The maximum Gasteiger partial charge on any atom is 0.185 e. The molecule has 0 bridgehead atoms. The zero-order chi connectivity index (χ0) is 14.5. The molecule has 0 unspecified atom stereocenters. The van der Waals surface area contributed by atoms with E-state index in [2.05, 4.69) is 6.58 Å². The van der Waals surface area contributed by atoms with Crippen molar-refractivity contribution in [3.8, 4) is 5.75 Å². The van der Waals surface area contributed by atoms with Crippen molar-refractivity contribution in [3.05, 3.63) is 77.3 Å². The fraction of sp³-hybridized carbons (Fsp3) is 0. The number of aromatic hydroxyl groups is 1. The zero-order valence-electron chi connectivity index (χ0n) is 10.7. The molecule has 0 aliphatic rings. The molecule has 100 valence electrons. The lowest BCUT2D eigenvalue weighted by molar-refractivity contribution is -0.109. The molecule has 2 aromatic rings. The van der Waals surface area contributed by atoms with E-state index in [0.29, 0.717) is 16.2 Å². The van der Waals surface area contributed by atoms with E-state index in [1.165, 1.54) is 6.08 Å². The number of hydrogen-bond acceptors (Lipinski definition) is 2. The van der Waals surface area contributed by atoms with E-state index in [1.54, 1.807) is 42.5 Å². The number of ketones is 1. The van der Waals surface area contributed by atoms with Crippen molar-refractivity contribution in [2.24, 2.45) is 0 Å². The second-order valence-corrected chi connectivity index (χ2v) is 4.60. The number of carbonyl (C=O) groups is 1. The molecule has 0 fully saturated rings. The van der Waals surface area contributed by atoms with E-state index in [1.807, 2.05) is 12.1 Å². The van der Waals surface area contributed by atoms with Crippen LogP contribution in [0.15, 0.2) is 61.2 Å². The first-order chi connectivity index (χ1) is 9.61. The van der Waals surface area contributed by atoms with E-state index in [9.17, 15) is 9.90 Å². The Morgan fingerprint density at radius 3 is 2.35 bits per heavy atom. The van der Waals surface area contributed by atoms with Gasteiger partial charge >= 0.3 is 0 Å². The van der Waals surface area contributed by atoms with Crippen LogP contribution in [0.4, 0.5) is 0 Å². The monoisotopic (exact) mass is 284 g/mol. The third-order valence-corrected chi connectivity index (χ3v) is 3.15. The van der Waals surface area contributed by atoms with Gasteiger partial charge in [0.05, 0.1) is 0 Å². The van der Waals surface area contributed by atoms with Crippen molar-refractivity contribution in [2.45, 2.75) is 0 Å². The van der Waals surface area contributed by atoms with Crippen LogP contribution >= 0.6 is 11.6 Å². The van der Waals surface area contributed by atoms with Crippen LogP contribution < -0.4 is 0 Å². The molecule has 2 nitrogen and oxygen atoms in total. The van der Waals surface area contributed by atoms with Crippen molar-refractivity contribution < 1.29 is 9.90 Å². The first-order valence-electron chi connectivity index (χ1n) is 6.04. The molecular weight excluding hydrogens is 272 g/mol. The number of halogens is 1. The maximum atomic E-state index is 12.0. The number of phenolic OH excluding ortho intramolecular Hbond substituents is 1. The molecule has 2 rings (SSSR count). The fourth-order valence-electron chi connectivity index (χ4n) is 1.81. The topological polar surface area (TPSA) is 37.3 Å². The predicted molar refractivity (Wildman–Crippen MR) is 82.6 cm³/mol. The number of hydrogen-bond donors (Lipinski definition) is 1. The summed E-state index contributed by atoms with van der Waals surface area (Å²) >= 11 is 6.14. The largest absolute Gasteiger partial charge is 0.508 e. The molecule has 1 N–H and O–H groups in total. The summed E-state index contributed by atoms with van der Waals surface area (Å²) in [5.41, 5.74) is 1.93. The number of rotatable bonds is 4. The summed E-state index contributed by atoms with van der Waals surface area (Å²) in [5.74, 6) is -0.0253. The SMILES string of the molecule is C=CC(=O)C(=Cc1ccc(O)cc1)c1ccccc1Cl. The van der Waals surface area contributed by atoms with Gasteiger partial charge in [-0.25, -0.2) is 0 Å². The highest BCUT2D eigenvalue weighted by atomic mass is 35.5. The standard InChI is InChI=1S/C17H13ClO2/c1-2-17(20)15(14-5-3-4-6-16(14)18)11-12-7-9-13(19)10-8-12/h2-11,19H,1H2. The van der Waals surface area contributed by atoms with Crippen molar-refractivity contribution in [1.82, 2.24) is 0 Å². The summed E-state index contributed by atoms with van der Waals surface area (Å²) in [7, 11) is 0. The van der Waals surface area contributed by atoms with Gasteiger partial charge in [-0.15, -0.1) is 0 Å². The Kier molecular flexibility index (Phi) is 4.38. The molecular formula is C17H13ClO2. The molecule has 0 saturated carbocycles. The van der Waals surface area contributed by atoms with Crippen molar-refractivity contribution in [3.63, 3.8) is 0 Å². The van der Waals surface area contributed by atoms with Gasteiger partial charge in [0.15, 0.2) is 5.78 Å². The number of allylic oxidation sites excluding steroid dienone is 2. The molecule has 20 heavy (non-hydrogen) atoms. The van der Waals surface area contributed by atoms with Gasteiger partial charge in [-0.05, 0) is 35.9 Å². The molecule has 0 saturated heterocycles. The first kappa shape index (κ1) is 14.1. The highest BCUT2D eigenvalue weighted by molar-refractivity contribution is 6.37. The van der Waals surface area contributed by atoms with Crippen molar-refractivity contribution in [2.75, 3.05) is 0 Å². The summed E-state index contributed by atoms with van der Waals surface area (Å²) in [6.45, 7) is 3.52. The van der Waals surface area contributed by atoms with Gasteiger partial charge in [-0.2, -0.15) is 0 Å². The Labute approximate surface area is 122 Å². The Hall–Kier alpha value is -2.32. The van der Waals surface area contributed by atoms with E-state index >= 15 is 0 Å². The third kappa shape index (κ3) is 3.16. The van der Waals surface area contributed by atoms with E-state index in [0.717, 1.165) is 5.56 Å². The predicted octanol–water partition coefficient (Wildman–Crippen LogP) is 4.34. The first-order valence-corrected chi connectivity index (χ1v) is 6.42. The highest BCUT2D eigenvalue weighted by Crippen LogP contribution is 2.27. The molecule has 3 heteroatoms. The molecule has 0 heterocycles. The molecule has 0 radical (unpaired) electrons. The minimum absolute atomic E-state index is 0.177. The Morgan fingerprint density at radius 1 is 1.10 bits per heavy atom. The van der Waals surface area contributed by atoms with Crippen LogP contribution in [-0.4, -0.2) is 10.9 Å². The normalized spacial score (nSPS) is 11.2. The van der Waals surface area contributed by atoms with Gasteiger partial charge in [0.1, 0.15) is 5.75 Å². The van der Waals surface area contributed by atoms with E-state index < -0.39 is 0 Å². The van der Waals surface area contributed by atoms with Gasteiger partial charge in [-0.3, -0.25) is 4.79 Å². The molecule has 0 aromatic heterocycles. The van der Waals surface area contributed by atoms with Crippen LogP contribution in [-0.2, 0) is 4.79 Å². The van der Waals surface area contributed by atoms with Gasteiger partial charge in [0.25, 0.3) is 0 Å². The van der Waals surface area contributed by atoms with Crippen LogP contribution in [0.5, 0.6) is 5.75 Å². The summed E-state index contributed by atoms with van der Waals surface area (Å²) in [6.07, 6.45) is 2.99. The number of benzene rings is 2. The van der Waals surface area contributed by atoms with Crippen LogP contribution in [0.3, 0.4) is 0 Å². The smallest absolute Gasteiger partial charge is 0.185 e. The van der Waals surface area contributed by atoms with E-state index in [4.69, 9.17) is 11.6 Å². The van der Waals surface area contributed by atoms with Crippen molar-refractivity contribution >= 4 is 29.0 Å². The summed E-state index contributed by atoms with van der Waals surface area (Å²) in [5, 5.41) is 9.79. The summed E-state index contributed by atoms with van der Waals surface area (Å²) < 4.78 is 0. The molecule has 0 aliphatic carbocycles. The minimum atomic E-state index is -0.203. The van der Waals surface area contributed by atoms with Crippen LogP contribution in [0, 0.1) is 0 Å². The van der Waals surface area contributed by atoms with Crippen LogP contribution in [0.2, 0.25) is 5.02 Å². The Bertz CT molecular complexity index is 670. The van der Waals surface area contributed by atoms with Crippen LogP contribution in [0.25, 0.3) is 11.6 Å². The maximum absolute atomic E-state index is 12.0. The lowest BCUT2D eigenvalue weighted by Crippen LogP contribution is -1.98. The zero-order valence-corrected chi connectivity index (χ0v) is 11.5. The van der Waals surface area contributed by atoms with Gasteiger partial charge in [0.2, 0.25) is 0 Å². The minimum Gasteiger partial charge on any atom is -0.508 e. The Morgan fingerprint density at radius 2 is 1.75 bits per heavy atom. The quantitative estimate of drug-likeness (QED) is 0.670. The summed E-state index contributed by atoms with van der Waals surface area (Å²) in [4.78, 5) is 12.0. The molecule has 2 aromatic carbocycles. The summed E-state index contributed by atoms with van der Waals surface area (Å²) in [6, 6.07) is 13.7. The molecule has 0 spiro atoms.